The average Bonchev–Trinajstić information content (AvgIpc) is 2.87. The van der Waals surface area contributed by atoms with E-state index in [9.17, 15) is 24.0 Å². The van der Waals surface area contributed by atoms with E-state index in [2.05, 4.69) is 16.0 Å². The highest BCUT2D eigenvalue weighted by Crippen LogP contribution is 2.14. The molecule has 1 aromatic carbocycles. The summed E-state index contributed by atoms with van der Waals surface area (Å²) in [6.45, 7) is 14.7. The van der Waals surface area contributed by atoms with Crippen LogP contribution in [0.25, 0.3) is 0 Å². The number of ether oxygens (including phenoxy) is 5. The van der Waals surface area contributed by atoms with Crippen LogP contribution in [0.4, 0.5) is 9.59 Å². The molecular weight excluding hydrogens is 574 g/mol. The molecule has 3 amide bonds. The zero-order valence-corrected chi connectivity index (χ0v) is 27.3. The van der Waals surface area contributed by atoms with Crippen LogP contribution in [0, 0.1) is 5.92 Å². The quantitative estimate of drug-likeness (QED) is 0.194. The van der Waals surface area contributed by atoms with Crippen molar-refractivity contribution in [3.8, 4) is 0 Å². The van der Waals surface area contributed by atoms with Crippen molar-refractivity contribution in [3.05, 3.63) is 35.9 Å². The van der Waals surface area contributed by atoms with E-state index in [0.717, 1.165) is 5.56 Å². The Morgan fingerprint density at radius 3 is 1.93 bits per heavy atom. The minimum Gasteiger partial charge on any atom is -0.465 e. The SMILES string of the molecule is CCOC(=O)CNC(=O)C(OC(=O)C(CC(C)C)NC(=O)OC(C)(C)C)C(COCc1ccccc1)NC(=O)OC(C)(C)C. The van der Waals surface area contributed by atoms with Gasteiger partial charge in [0.2, 0.25) is 6.10 Å². The van der Waals surface area contributed by atoms with Gasteiger partial charge in [0.05, 0.1) is 19.8 Å². The second kappa shape index (κ2) is 18.1. The van der Waals surface area contributed by atoms with Gasteiger partial charge >= 0.3 is 24.1 Å². The Labute approximate surface area is 260 Å². The lowest BCUT2D eigenvalue weighted by molar-refractivity contribution is -0.161. The minimum atomic E-state index is -1.70. The molecule has 0 saturated heterocycles. The molecule has 0 aliphatic rings. The Morgan fingerprint density at radius 1 is 0.841 bits per heavy atom. The molecule has 0 aliphatic carbocycles. The van der Waals surface area contributed by atoms with Gasteiger partial charge in [0.1, 0.15) is 29.8 Å². The Kier molecular flexibility index (Phi) is 15.7. The van der Waals surface area contributed by atoms with Crippen molar-refractivity contribution < 1.29 is 47.7 Å². The summed E-state index contributed by atoms with van der Waals surface area (Å²) in [7, 11) is 0. The number of carbonyl (C=O) groups excluding carboxylic acids is 5. The molecule has 1 rings (SSSR count). The van der Waals surface area contributed by atoms with Crippen LogP contribution in [0.15, 0.2) is 30.3 Å². The molecule has 3 atom stereocenters. The largest absolute Gasteiger partial charge is 0.465 e. The third kappa shape index (κ3) is 16.7. The molecular formula is C31H49N3O10. The minimum absolute atomic E-state index is 0.0662. The molecule has 0 bridgehead atoms. The Balaban J connectivity index is 3.35. The second-order valence-corrected chi connectivity index (χ2v) is 12.5. The van der Waals surface area contributed by atoms with Crippen LogP contribution in [0.3, 0.4) is 0 Å². The second-order valence-electron chi connectivity index (χ2n) is 12.5. The van der Waals surface area contributed by atoms with Crippen LogP contribution in [-0.2, 0) is 44.7 Å². The Hall–Kier alpha value is -3.87. The van der Waals surface area contributed by atoms with Crippen molar-refractivity contribution in [2.75, 3.05) is 19.8 Å². The monoisotopic (exact) mass is 623 g/mol. The molecule has 248 valence electrons. The summed E-state index contributed by atoms with van der Waals surface area (Å²) in [5.74, 6) is -2.65. The van der Waals surface area contributed by atoms with Crippen molar-refractivity contribution in [2.24, 2.45) is 5.92 Å². The maximum absolute atomic E-state index is 13.5. The van der Waals surface area contributed by atoms with Crippen LogP contribution >= 0.6 is 0 Å². The average molecular weight is 624 g/mol. The number of nitrogens with one attached hydrogen (secondary N) is 3. The maximum atomic E-state index is 13.5. The van der Waals surface area contributed by atoms with E-state index >= 15 is 0 Å². The van der Waals surface area contributed by atoms with Gasteiger partial charge in [-0.05, 0) is 66.4 Å². The first-order chi connectivity index (χ1) is 20.4. The first kappa shape index (κ1) is 38.2. The highest BCUT2D eigenvalue weighted by molar-refractivity contribution is 5.89. The van der Waals surface area contributed by atoms with Gasteiger partial charge in [-0.2, -0.15) is 0 Å². The first-order valence-corrected chi connectivity index (χ1v) is 14.6. The van der Waals surface area contributed by atoms with Crippen LogP contribution < -0.4 is 16.0 Å². The lowest BCUT2D eigenvalue weighted by atomic mass is 10.0. The summed E-state index contributed by atoms with van der Waals surface area (Å²) in [6, 6.07) is 6.71. The number of rotatable bonds is 15. The van der Waals surface area contributed by atoms with E-state index < -0.39 is 66.0 Å². The molecule has 0 saturated carbocycles. The van der Waals surface area contributed by atoms with Crippen LogP contribution in [0.1, 0.15) is 74.3 Å². The summed E-state index contributed by atoms with van der Waals surface area (Å²) in [6.07, 6.45) is -3.28. The van der Waals surface area contributed by atoms with Gasteiger partial charge in [-0.25, -0.2) is 14.4 Å². The van der Waals surface area contributed by atoms with Gasteiger partial charge in [-0.15, -0.1) is 0 Å². The number of carbonyl (C=O) groups is 5. The molecule has 0 heterocycles. The molecule has 13 nitrogen and oxygen atoms in total. The molecule has 1 aromatic rings. The predicted octanol–water partition coefficient (Wildman–Crippen LogP) is 3.63. The summed E-state index contributed by atoms with van der Waals surface area (Å²) in [5.41, 5.74) is -0.885. The van der Waals surface area contributed by atoms with E-state index in [1.54, 1.807) is 48.5 Å². The van der Waals surface area contributed by atoms with Gasteiger partial charge in [-0.3, -0.25) is 9.59 Å². The van der Waals surface area contributed by atoms with E-state index in [0.29, 0.717) is 0 Å². The Bertz CT molecular complexity index is 1080. The number of hydrogen-bond acceptors (Lipinski definition) is 10. The van der Waals surface area contributed by atoms with Gasteiger partial charge in [0.15, 0.2) is 0 Å². The smallest absolute Gasteiger partial charge is 0.408 e. The summed E-state index contributed by atoms with van der Waals surface area (Å²) < 4.78 is 27.0. The third-order valence-electron chi connectivity index (χ3n) is 5.37. The Morgan fingerprint density at radius 2 is 1.41 bits per heavy atom. The third-order valence-corrected chi connectivity index (χ3v) is 5.37. The molecule has 0 aromatic heterocycles. The van der Waals surface area contributed by atoms with Gasteiger partial charge in [0, 0.05) is 0 Å². The summed E-state index contributed by atoms with van der Waals surface area (Å²) in [4.78, 5) is 64.3. The standard InChI is InChI=1S/C31H49N3O10/c1-10-41-24(35)17-32-26(36)25(42-27(37)22(16-20(2)3)33-28(38)43-30(4,5)6)23(34-29(39)44-31(7,8)9)19-40-18-21-14-12-11-13-15-21/h11-15,20,22-23,25H,10,16-19H2,1-9H3,(H,32,36)(H,33,38)(H,34,39). The van der Waals surface area contributed by atoms with E-state index in [-0.39, 0.29) is 32.2 Å². The first-order valence-electron chi connectivity index (χ1n) is 14.6. The predicted molar refractivity (Wildman–Crippen MR) is 161 cm³/mol. The number of hydrogen-bond donors (Lipinski definition) is 3. The molecule has 44 heavy (non-hydrogen) atoms. The fourth-order valence-electron chi connectivity index (χ4n) is 3.67. The summed E-state index contributed by atoms with van der Waals surface area (Å²) >= 11 is 0. The molecule has 0 spiro atoms. The van der Waals surface area contributed by atoms with Gasteiger partial charge in [0.25, 0.3) is 5.91 Å². The van der Waals surface area contributed by atoms with Crippen molar-refractivity contribution >= 4 is 30.0 Å². The van der Waals surface area contributed by atoms with Crippen molar-refractivity contribution in [1.82, 2.24) is 16.0 Å². The molecule has 0 fully saturated rings. The van der Waals surface area contributed by atoms with Crippen molar-refractivity contribution in [2.45, 2.75) is 105 Å². The van der Waals surface area contributed by atoms with Crippen molar-refractivity contribution in [1.29, 1.82) is 0 Å². The molecule has 0 radical (unpaired) electrons. The topological polar surface area (TPSA) is 168 Å². The number of alkyl carbamates (subject to hydrolysis) is 2. The zero-order valence-electron chi connectivity index (χ0n) is 27.3. The highest BCUT2D eigenvalue weighted by Gasteiger charge is 2.37. The van der Waals surface area contributed by atoms with Gasteiger partial charge < -0.3 is 39.6 Å². The lowest BCUT2D eigenvalue weighted by Gasteiger charge is -2.30. The lowest BCUT2D eigenvalue weighted by Crippen LogP contribution is -2.57. The maximum Gasteiger partial charge on any atom is 0.408 e. The van der Waals surface area contributed by atoms with E-state index in [1.807, 2.05) is 44.2 Å². The number of esters is 2. The molecule has 13 heteroatoms. The van der Waals surface area contributed by atoms with Crippen LogP contribution in [-0.4, -0.2) is 79.2 Å². The molecule has 3 unspecified atom stereocenters. The van der Waals surface area contributed by atoms with Crippen LogP contribution in [0.5, 0.6) is 0 Å². The van der Waals surface area contributed by atoms with Gasteiger partial charge in [-0.1, -0.05) is 44.2 Å². The number of amides is 3. The summed E-state index contributed by atoms with van der Waals surface area (Å²) in [5, 5.41) is 7.45. The molecule has 0 aliphatic heterocycles. The zero-order chi connectivity index (χ0) is 33.5. The normalized spacial score (nSPS) is 13.6. The van der Waals surface area contributed by atoms with Crippen LogP contribution in [0.2, 0.25) is 0 Å². The van der Waals surface area contributed by atoms with E-state index in [4.69, 9.17) is 23.7 Å². The van der Waals surface area contributed by atoms with Crippen molar-refractivity contribution in [3.63, 3.8) is 0 Å². The number of benzene rings is 1. The highest BCUT2D eigenvalue weighted by atomic mass is 16.6. The fraction of sp³-hybridized carbons (Fsp3) is 0.645. The fourth-order valence-corrected chi connectivity index (χ4v) is 3.67. The molecule has 3 N–H and O–H groups in total. The van der Waals surface area contributed by atoms with E-state index in [1.165, 1.54) is 0 Å².